The summed E-state index contributed by atoms with van der Waals surface area (Å²) < 4.78 is 13.0. The van der Waals surface area contributed by atoms with Crippen LogP contribution in [0.15, 0.2) is 54.9 Å². The van der Waals surface area contributed by atoms with Crippen LogP contribution in [-0.2, 0) is 49.7 Å². The predicted octanol–water partition coefficient (Wildman–Crippen LogP) is 5.82. The fourth-order valence-corrected chi connectivity index (χ4v) is 8.04. The molecule has 14 nitrogen and oxygen atoms in total. The maximum absolute atomic E-state index is 14.0. The number of carbonyl (C=O) groups excluding carboxylic acids is 3. The fourth-order valence-electron chi connectivity index (χ4n) is 8.04. The van der Waals surface area contributed by atoms with E-state index in [9.17, 15) is 29.4 Å². The fraction of sp³-hybridized carbons (Fsp3) is 0.477. The molecule has 1 aliphatic rings. The van der Waals surface area contributed by atoms with Crippen molar-refractivity contribution in [3.63, 3.8) is 0 Å². The highest BCUT2D eigenvalue weighted by Gasteiger charge is 2.35. The Kier molecular flexibility index (Phi) is 14.5. The number of hydrogen-bond donors (Lipinski definition) is 4. The number of nitrogens with one attached hydrogen (secondary N) is 2. The van der Waals surface area contributed by atoms with Gasteiger partial charge in [-0.3, -0.25) is 29.3 Å². The summed E-state index contributed by atoms with van der Waals surface area (Å²) in [5, 5.41) is 26.2. The van der Waals surface area contributed by atoms with Crippen LogP contribution in [0.2, 0.25) is 0 Å². The molecule has 4 N–H and O–H groups in total. The summed E-state index contributed by atoms with van der Waals surface area (Å²) in [6.07, 6.45) is 5.44. The number of fused-ring (bicyclic) bond motifs is 1. The summed E-state index contributed by atoms with van der Waals surface area (Å²) in [6, 6.07) is 11.3. The van der Waals surface area contributed by atoms with Crippen LogP contribution in [0, 0.1) is 11.3 Å². The zero-order valence-corrected chi connectivity index (χ0v) is 34.7. The molecule has 0 bridgehead atoms. The molecule has 1 saturated heterocycles. The number of aromatic nitrogens is 2. The Bertz CT molecular complexity index is 2090. The van der Waals surface area contributed by atoms with Gasteiger partial charge in [0.1, 0.15) is 17.8 Å². The number of hydrazine groups is 1. The zero-order valence-electron chi connectivity index (χ0n) is 34.7. The molecular formula is C44H58N6O8. The molecule has 1 unspecified atom stereocenters. The van der Waals surface area contributed by atoms with Crippen molar-refractivity contribution in [1.82, 2.24) is 30.2 Å². The molecule has 4 aromatic rings. The largest absolute Gasteiger partial charge is 0.508 e. The molecule has 2 aromatic heterocycles. The number of methoxy groups -OCH3 is 1. The van der Waals surface area contributed by atoms with Gasteiger partial charge in [-0.2, -0.15) is 0 Å². The number of carboxylic acid groups (broad SMARTS) is 1. The van der Waals surface area contributed by atoms with E-state index in [1.807, 2.05) is 24.4 Å². The van der Waals surface area contributed by atoms with Gasteiger partial charge < -0.3 is 29.6 Å². The van der Waals surface area contributed by atoms with E-state index in [1.54, 1.807) is 39.3 Å². The van der Waals surface area contributed by atoms with E-state index in [0.717, 1.165) is 56.6 Å². The lowest BCUT2D eigenvalue weighted by Gasteiger charge is -2.33. The quantitative estimate of drug-likeness (QED) is 0.0899. The molecule has 1 fully saturated rings. The normalized spacial score (nSPS) is 14.3. The highest BCUT2D eigenvalue weighted by Crippen LogP contribution is 2.41. The molecule has 0 aliphatic carbocycles. The minimum Gasteiger partial charge on any atom is -0.508 e. The van der Waals surface area contributed by atoms with E-state index in [-0.39, 0.29) is 30.6 Å². The number of nitrogens with zero attached hydrogens (tertiary/aromatic N) is 4. The van der Waals surface area contributed by atoms with Crippen LogP contribution >= 0.6 is 0 Å². The lowest BCUT2D eigenvalue weighted by atomic mass is 9.84. The smallest absolute Gasteiger partial charge is 0.407 e. The Morgan fingerprint density at radius 2 is 1.88 bits per heavy atom. The number of rotatable bonds is 18. The van der Waals surface area contributed by atoms with Crippen LogP contribution in [-0.4, -0.2) is 107 Å². The van der Waals surface area contributed by atoms with Crippen molar-refractivity contribution in [2.45, 2.75) is 85.4 Å². The number of hydrogen-bond acceptors (Lipinski definition) is 9. The number of benzene rings is 2. The number of pyridine rings is 1. The Morgan fingerprint density at radius 1 is 1.10 bits per heavy atom. The zero-order chi connectivity index (χ0) is 42.1. The van der Waals surface area contributed by atoms with E-state index >= 15 is 0 Å². The molecule has 2 atom stereocenters. The predicted molar refractivity (Wildman–Crippen MR) is 222 cm³/mol. The second-order valence-electron chi connectivity index (χ2n) is 16.2. The van der Waals surface area contributed by atoms with Crippen LogP contribution in [0.25, 0.3) is 33.3 Å². The van der Waals surface area contributed by atoms with Crippen LogP contribution in [0.1, 0.15) is 64.2 Å². The van der Waals surface area contributed by atoms with Crippen molar-refractivity contribution in [3.05, 3.63) is 71.5 Å². The molecule has 3 heterocycles. The monoisotopic (exact) mass is 798 g/mol. The first kappa shape index (κ1) is 43.6. The van der Waals surface area contributed by atoms with Gasteiger partial charge in [0.2, 0.25) is 5.91 Å². The number of ether oxygens (including phenoxy) is 2. The minimum absolute atomic E-state index is 0.00866. The first-order valence-corrected chi connectivity index (χ1v) is 20.0. The molecule has 3 amide bonds. The van der Waals surface area contributed by atoms with Crippen molar-refractivity contribution in [1.29, 1.82) is 0 Å². The number of phenols is 1. The summed E-state index contributed by atoms with van der Waals surface area (Å²) >= 11 is 0. The molecule has 2 aromatic carbocycles. The van der Waals surface area contributed by atoms with Crippen LogP contribution in [0.5, 0.6) is 5.75 Å². The molecule has 5 rings (SSSR count). The summed E-state index contributed by atoms with van der Waals surface area (Å²) in [4.78, 5) is 56.3. The van der Waals surface area contributed by atoms with Crippen LogP contribution < -0.4 is 10.7 Å². The Morgan fingerprint density at radius 3 is 2.53 bits per heavy atom. The number of aromatic hydroxyl groups is 1. The number of aryl methyl sites for hydroxylation is 1. The maximum Gasteiger partial charge on any atom is 0.407 e. The number of likely N-dealkylation sites (N-methyl/N-ethyl adjacent to an activating group) is 1. The Balaban J connectivity index is 1.61. The number of phenolic OH excluding ortho intramolecular Hbond substituents is 1. The molecular weight excluding hydrogens is 741 g/mol. The summed E-state index contributed by atoms with van der Waals surface area (Å²) in [5.41, 5.74) is 10.1. The molecule has 14 heteroatoms. The molecule has 0 spiro atoms. The summed E-state index contributed by atoms with van der Waals surface area (Å²) in [6.45, 7) is 12.8. The molecule has 0 saturated carbocycles. The van der Waals surface area contributed by atoms with E-state index in [2.05, 4.69) is 53.2 Å². The third-order valence-electron chi connectivity index (χ3n) is 10.8. The Labute approximate surface area is 340 Å². The third kappa shape index (κ3) is 10.1. The van der Waals surface area contributed by atoms with Gasteiger partial charge in [-0.1, -0.05) is 39.8 Å². The summed E-state index contributed by atoms with van der Waals surface area (Å²) in [7, 11) is 3.02. The molecule has 0 radical (unpaired) electrons. The van der Waals surface area contributed by atoms with Crippen molar-refractivity contribution in [3.8, 4) is 28.1 Å². The van der Waals surface area contributed by atoms with Gasteiger partial charge in [0.25, 0.3) is 12.4 Å². The Hall–Kier alpha value is -5.47. The van der Waals surface area contributed by atoms with Gasteiger partial charge in [0.05, 0.1) is 18.9 Å². The van der Waals surface area contributed by atoms with Gasteiger partial charge in [-0.25, -0.2) is 10.2 Å². The van der Waals surface area contributed by atoms with E-state index in [1.165, 1.54) is 12.1 Å². The van der Waals surface area contributed by atoms with Gasteiger partial charge in [0.15, 0.2) is 0 Å². The SMILES string of the molecule is CCn1c(-c2ccncc2CCOC)c(CC(C)(C)COC=O)c2cc(-c3cc(O)cc(C[C@H](NC(=O)C(C(C)C)N(C)C(=O)O)C(=O)N4CCCCN4)c3)ccc21. The highest BCUT2D eigenvalue weighted by atomic mass is 16.5. The standard InChI is InChI=1S/C44H58N6O8/c1-8-49-38-12-11-30(23-35(38)36(24-44(4,5)26-58-27-51)40(49)34-13-16-45-25-31(34)14-18-57-7)32-19-29(20-33(52)22-32)21-37(42(54)50-17-10-9-15-46-50)47-41(53)39(28(2)3)48(6)43(55)56/h11-13,16,19-20,22-23,25,27-28,37,39,46,52H,8-10,14-15,17-18,21,24,26H2,1-7H3,(H,47,53)(H,55,56)/t37-,39?/m0/s1. The third-order valence-corrected chi connectivity index (χ3v) is 10.8. The topological polar surface area (TPSA) is 176 Å². The van der Waals surface area contributed by atoms with E-state index in [0.29, 0.717) is 56.7 Å². The van der Waals surface area contributed by atoms with Crippen molar-refractivity contribution in [2.24, 2.45) is 11.3 Å². The summed E-state index contributed by atoms with van der Waals surface area (Å²) in [5.74, 6) is -1.30. The first-order chi connectivity index (χ1) is 27.7. The van der Waals surface area contributed by atoms with Gasteiger partial charge in [0, 0.05) is 74.5 Å². The first-order valence-electron chi connectivity index (χ1n) is 20.0. The van der Waals surface area contributed by atoms with Crippen molar-refractivity contribution in [2.75, 3.05) is 40.5 Å². The van der Waals surface area contributed by atoms with Gasteiger partial charge in [-0.15, -0.1) is 0 Å². The number of carbonyl (C=O) groups is 4. The second kappa shape index (κ2) is 19.3. The van der Waals surface area contributed by atoms with Crippen molar-refractivity contribution >= 4 is 35.3 Å². The van der Waals surface area contributed by atoms with E-state index < -0.39 is 29.5 Å². The van der Waals surface area contributed by atoms with Crippen LogP contribution in [0.3, 0.4) is 0 Å². The van der Waals surface area contributed by atoms with Gasteiger partial charge in [-0.05, 0) is 96.7 Å². The van der Waals surface area contributed by atoms with Crippen molar-refractivity contribution < 1.29 is 38.9 Å². The lowest BCUT2D eigenvalue weighted by Crippen LogP contribution is -2.59. The maximum atomic E-state index is 14.0. The molecule has 58 heavy (non-hydrogen) atoms. The van der Waals surface area contributed by atoms with Gasteiger partial charge >= 0.3 is 6.09 Å². The minimum atomic E-state index is -1.25. The average Bonchev–Trinajstić information content (AvgIpc) is 3.50. The highest BCUT2D eigenvalue weighted by molar-refractivity contribution is 5.96. The average molecular weight is 799 g/mol. The molecule has 1 aliphatic heterocycles. The van der Waals surface area contributed by atoms with Crippen LogP contribution in [0.4, 0.5) is 4.79 Å². The molecule has 312 valence electrons. The van der Waals surface area contributed by atoms with E-state index in [4.69, 9.17) is 9.47 Å². The second-order valence-corrected chi connectivity index (χ2v) is 16.2. The number of amides is 3. The lowest BCUT2D eigenvalue weighted by molar-refractivity contribution is -0.141.